The number of aryl methyl sites for hydroxylation is 2. The third-order valence-corrected chi connectivity index (χ3v) is 8.54. The van der Waals surface area contributed by atoms with Crippen molar-refractivity contribution >= 4 is 38.9 Å². The maximum atomic E-state index is 12.5. The van der Waals surface area contributed by atoms with E-state index >= 15 is 0 Å². The maximum Gasteiger partial charge on any atom is 0.348 e. The molecule has 0 saturated heterocycles. The summed E-state index contributed by atoms with van der Waals surface area (Å²) in [7, 11) is -3.55. The van der Waals surface area contributed by atoms with E-state index in [2.05, 4.69) is 5.32 Å². The van der Waals surface area contributed by atoms with E-state index in [1.165, 1.54) is 56.8 Å². The first-order valence-corrected chi connectivity index (χ1v) is 12.8. The summed E-state index contributed by atoms with van der Waals surface area (Å²) in [5.41, 5.74) is 1.65. The molecule has 1 N–H and O–H groups in total. The van der Waals surface area contributed by atoms with E-state index in [1.54, 1.807) is 13.8 Å². The smallest absolute Gasteiger partial charge is 0.348 e. The summed E-state index contributed by atoms with van der Waals surface area (Å²) in [6.45, 7) is 3.93. The summed E-state index contributed by atoms with van der Waals surface area (Å²) in [5.74, 6) is -0.972. The van der Waals surface area contributed by atoms with Crippen molar-refractivity contribution in [2.24, 2.45) is 0 Å². The van der Waals surface area contributed by atoms with Gasteiger partial charge in [-0.1, -0.05) is 20.3 Å². The lowest BCUT2D eigenvalue weighted by atomic mass is 10.1. The number of esters is 1. The van der Waals surface area contributed by atoms with Gasteiger partial charge in [0.25, 0.3) is 5.91 Å². The molecule has 0 radical (unpaired) electrons. The average molecular weight is 465 g/mol. The van der Waals surface area contributed by atoms with E-state index in [9.17, 15) is 18.0 Å². The van der Waals surface area contributed by atoms with Gasteiger partial charge in [0.15, 0.2) is 6.61 Å². The number of carbonyl (C=O) groups is 2. The summed E-state index contributed by atoms with van der Waals surface area (Å²) in [4.78, 5) is 26.4. The first kappa shape index (κ1) is 23.4. The van der Waals surface area contributed by atoms with Crippen LogP contribution < -0.4 is 5.32 Å². The zero-order valence-corrected chi connectivity index (χ0v) is 19.5. The molecule has 1 amide bonds. The van der Waals surface area contributed by atoms with Gasteiger partial charge in [-0.15, -0.1) is 11.3 Å². The molecule has 168 valence electrons. The zero-order valence-electron chi connectivity index (χ0n) is 17.8. The van der Waals surface area contributed by atoms with E-state index in [1.807, 2.05) is 6.07 Å². The molecule has 0 saturated carbocycles. The topological polar surface area (TPSA) is 92.8 Å². The highest BCUT2D eigenvalue weighted by atomic mass is 32.2. The summed E-state index contributed by atoms with van der Waals surface area (Å²) in [6.07, 6.45) is 5.46. The minimum atomic E-state index is -3.55. The van der Waals surface area contributed by atoms with Crippen molar-refractivity contribution in [2.45, 2.75) is 50.8 Å². The number of nitrogens with one attached hydrogen (secondary N) is 1. The number of thiophene rings is 1. The van der Waals surface area contributed by atoms with Gasteiger partial charge in [0, 0.05) is 23.7 Å². The van der Waals surface area contributed by atoms with Crippen LogP contribution in [0.4, 0.5) is 5.69 Å². The fraction of sp³-hybridized carbons (Fsp3) is 0.455. The van der Waals surface area contributed by atoms with Crippen LogP contribution in [0.3, 0.4) is 0 Å². The average Bonchev–Trinajstić information content (AvgIpc) is 3.03. The van der Waals surface area contributed by atoms with Crippen molar-refractivity contribution in [3.05, 3.63) is 45.6 Å². The number of anilines is 1. The molecule has 0 unspecified atom stereocenters. The number of rotatable bonds is 8. The minimum Gasteiger partial charge on any atom is -0.451 e. The number of hydrogen-bond acceptors (Lipinski definition) is 6. The standard InChI is InChI=1S/C22H28N2O5S2/c1-3-24(4-2)31(27,28)18-12-10-17(11-13-18)23-21(25)15-29-22(26)20-14-16-8-6-5-7-9-19(16)30-20/h10-14H,3-9,15H2,1-2H3,(H,23,25). The van der Waals surface area contributed by atoms with Crippen LogP contribution in [0.25, 0.3) is 0 Å². The van der Waals surface area contributed by atoms with E-state index < -0.39 is 28.5 Å². The van der Waals surface area contributed by atoms with Gasteiger partial charge in [0.1, 0.15) is 4.88 Å². The van der Waals surface area contributed by atoms with Crippen molar-refractivity contribution < 1.29 is 22.7 Å². The van der Waals surface area contributed by atoms with Gasteiger partial charge in [-0.3, -0.25) is 4.79 Å². The normalized spacial score (nSPS) is 14.0. The number of carbonyl (C=O) groups excluding carboxylic acids is 2. The van der Waals surface area contributed by atoms with Crippen LogP contribution in [0.5, 0.6) is 0 Å². The summed E-state index contributed by atoms with van der Waals surface area (Å²) < 4.78 is 31.6. The lowest BCUT2D eigenvalue weighted by Gasteiger charge is -2.18. The van der Waals surface area contributed by atoms with Crippen molar-refractivity contribution in [1.29, 1.82) is 0 Å². The van der Waals surface area contributed by atoms with Crippen LogP contribution >= 0.6 is 11.3 Å². The number of fused-ring (bicyclic) bond motifs is 1. The second-order valence-corrected chi connectivity index (χ2v) is 10.4. The zero-order chi connectivity index (χ0) is 22.4. The monoisotopic (exact) mass is 464 g/mol. The van der Waals surface area contributed by atoms with Crippen LogP contribution in [0.15, 0.2) is 35.2 Å². The highest BCUT2D eigenvalue weighted by molar-refractivity contribution is 7.89. The lowest BCUT2D eigenvalue weighted by Crippen LogP contribution is -2.30. The summed E-state index contributed by atoms with van der Waals surface area (Å²) >= 11 is 1.46. The molecule has 1 aromatic carbocycles. The van der Waals surface area contributed by atoms with E-state index in [4.69, 9.17) is 4.74 Å². The number of ether oxygens (including phenoxy) is 1. The Morgan fingerprint density at radius 3 is 2.42 bits per heavy atom. The maximum absolute atomic E-state index is 12.5. The molecule has 3 rings (SSSR count). The van der Waals surface area contributed by atoms with Crippen molar-refractivity contribution in [3.8, 4) is 0 Å². The largest absolute Gasteiger partial charge is 0.451 e. The summed E-state index contributed by atoms with van der Waals surface area (Å²) in [5, 5.41) is 2.62. The first-order valence-electron chi connectivity index (χ1n) is 10.5. The van der Waals surface area contributed by atoms with Crippen molar-refractivity contribution in [3.63, 3.8) is 0 Å². The number of benzene rings is 1. The van der Waals surface area contributed by atoms with Crippen molar-refractivity contribution in [1.82, 2.24) is 4.31 Å². The molecule has 1 aromatic heterocycles. The molecule has 0 fully saturated rings. The Bertz CT molecular complexity index is 1000. The first-order chi connectivity index (χ1) is 14.8. The quantitative estimate of drug-likeness (QED) is 0.473. The van der Waals surface area contributed by atoms with Crippen LogP contribution in [0.1, 0.15) is 53.2 Å². The van der Waals surface area contributed by atoms with E-state index in [0.717, 1.165) is 25.7 Å². The molecular formula is C22H28N2O5S2. The number of hydrogen-bond donors (Lipinski definition) is 1. The fourth-order valence-electron chi connectivity index (χ4n) is 3.59. The van der Waals surface area contributed by atoms with Crippen LogP contribution in [-0.2, 0) is 32.4 Å². The molecule has 31 heavy (non-hydrogen) atoms. The van der Waals surface area contributed by atoms with Gasteiger partial charge in [-0.05, 0) is 61.6 Å². The Balaban J connectivity index is 1.54. The molecule has 1 aliphatic rings. The third kappa shape index (κ3) is 5.72. The Morgan fingerprint density at radius 1 is 1.06 bits per heavy atom. The lowest BCUT2D eigenvalue weighted by molar-refractivity contribution is -0.119. The predicted molar refractivity (Wildman–Crippen MR) is 121 cm³/mol. The molecular weight excluding hydrogens is 436 g/mol. The van der Waals surface area contributed by atoms with Gasteiger partial charge >= 0.3 is 5.97 Å². The SMILES string of the molecule is CCN(CC)S(=O)(=O)c1ccc(NC(=O)COC(=O)c2cc3c(s2)CCCCC3)cc1. The van der Waals surface area contributed by atoms with Gasteiger partial charge < -0.3 is 10.1 Å². The van der Waals surface area contributed by atoms with Gasteiger partial charge in [-0.2, -0.15) is 4.31 Å². The Morgan fingerprint density at radius 2 is 1.74 bits per heavy atom. The number of sulfonamides is 1. The van der Waals surface area contributed by atoms with Crippen LogP contribution in [-0.4, -0.2) is 44.3 Å². The Hall–Kier alpha value is -2.23. The van der Waals surface area contributed by atoms with Crippen LogP contribution in [0.2, 0.25) is 0 Å². The Kier molecular flexibility index (Phi) is 7.85. The molecule has 1 aliphatic carbocycles. The van der Waals surface area contributed by atoms with Crippen LogP contribution in [0, 0.1) is 0 Å². The Labute approximate surface area is 187 Å². The molecule has 7 nitrogen and oxygen atoms in total. The predicted octanol–water partition coefficient (Wildman–Crippen LogP) is 3.84. The fourth-order valence-corrected chi connectivity index (χ4v) is 6.20. The molecule has 0 aliphatic heterocycles. The molecule has 0 atom stereocenters. The van der Waals surface area contributed by atoms with Gasteiger partial charge in [-0.25, -0.2) is 13.2 Å². The minimum absolute atomic E-state index is 0.165. The number of amides is 1. The summed E-state index contributed by atoms with van der Waals surface area (Å²) in [6, 6.07) is 7.83. The highest BCUT2D eigenvalue weighted by Crippen LogP contribution is 2.29. The molecule has 0 spiro atoms. The van der Waals surface area contributed by atoms with E-state index in [0.29, 0.717) is 23.7 Å². The second kappa shape index (κ2) is 10.4. The van der Waals surface area contributed by atoms with Gasteiger partial charge in [0.2, 0.25) is 10.0 Å². The van der Waals surface area contributed by atoms with Crippen molar-refractivity contribution in [2.75, 3.05) is 25.0 Å². The molecule has 1 heterocycles. The second-order valence-electron chi connectivity index (χ2n) is 7.36. The molecule has 9 heteroatoms. The van der Waals surface area contributed by atoms with E-state index in [-0.39, 0.29) is 4.90 Å². The van der Waals surface area contributed by atoms with Gasteiger partial charge in [0.05, 0.1) is 4.90 Å². The molecule has 2 aromatic rings. The number of nitrogens with zero attached hydrogens (tertiary/aromatic N) is 1. The third-order valence-electron chi connectivity index (χ3n) is 5.26. The highest BCUT2D eigenvalue weighted by Gasteiger charge is 2.21. The molecule has 0 bridgehead atoms.